The summed E-state index contributed by atoms with van der Waals surface area (Å²) in [4.78, 5) is 6.43. The number of hydrogen-bond donors (Lipinski definition) is 1. The Morgan fingerprint density at radius 1 is 1.10 bits per heavy atom. The molecule has 0 saturated carbocycles. The number of rotatable bonds is 4. The van der Waals surface area contributed by atoms with Gasteiger partial charge in [0.2, 0.25) is 0 Å². The summed E-state index contributed by atoms with van der Waals surface area (Å²) in [6, 6.07) is 11.5. The third-order valence-electron chi connectivity index (χ3n) is 4.06. The molecule has 1 aromatic heterocycles. The molecular weight excluding hydrogens is 265 g/mol. The summed E-state index contributed by atoms with van der Waals surface area (Å²) in [7, 11) is 0. The summed E-state index contributed by atoms with van der Waals surface area (Å²) < 4.78 is 13.6. The van der Waals surface area contributed by atoms with Crippen molar-refractivity contribution in [3.63, 3.8) is 0 Å². The van der Waals surface area contributed by atoms with E-state index in [1.54, 1.807) is 6.07 Å². The Bertz CT molecular complexity index is 565. The molecule has 1 N–H and O–H groups in total. The number of anilines is 1. The number of nitrogens with one attached hydrogen (secondary N) is 1. The summed E-state index contributed by atoms with van der Waals surface area (Å²) in [5.74, 6) is -0.126. The zero-order chi connectivity index (χ0) is 14.5. The monoisotopic (exact) mass is 285 g/mol. The Morgan fingerprint density at radius 2 is 1.81 bits per heavy atom. The number of aromatic nitrogens is 1. The molecule has 0 atom stereocenters. The normalized spacial score (nSPS) is 16.1. The van der Waals surface area contributed by atoms with Crippen LogP contribution in [0.5, 0.6) is 0 Å². The van der Waals surface area contributed by atoms with Crippen molar-refractivity contribution in [1.82, 2.24) is 10.3 Å². The minimum Gasteiger partial charge on any atom is -0.371 e. The second kappa shape index (κ2) is 6.68. The van der Waals surface area contributed by atoms with E-state index in [1.807, 2.05) is 36.7 Å². The Morgan fingerprint density at radius 3 is 2.52 bits per heavy atom. The molecule has 0 bridgehead atoms. The van der Waals surface area contributed by atoms with Crippen LogP contribution in [-0.4, -0.2) is 24.1 Å². The molecule has 1 fully saturated rings. The van der Waals surface area contributed by atoms with Crippen LogP contribution < -0.4 is 10.2 Å². The first-order valence-corrected chi connectivity index (χ1v) is 7.45. The van der Waals surface area contributed by atoms with Gasteiger partial charge in [-0.05, 0) is 31.0 Å². The van der Waals surface area contributed by atoms with Gasteiger partial charge >= 0.3 is 0 Å². The summed E-state index contributed by atoms with van der Waals surface area (Å²) in [5.41, 5.74) is 1.98. The topological polar surface area (TPSA) is 28.2 Å². The molecule has 3 rings (SSSR count). The van der Waals surface area contributed by atoms with Crippen LogP contribution in [0.15, 0.2) is 48.8 Å². The van der Waals surface area contributed by atoms with Gasteiger partial charge in [0.1, 0.15) is 5.82 Å². The van der Waals surface area contributed by atoms with Crippen molar-refractivity contribution >= 4 is 5.69 Å². The van der Waals surface area contributed by atoms with E-state index in [1.165, 1.54) is 11.8 Å². The van der Waals surface area contributed by atoms with Crippen molar-refractivity contribution in [3.8, 4) is 0 Å². The maximum Gasteiger partial charge on any atom is 0.127 e. The number of hydrogen-bond acceptors (Lipinski definition) is 3. The lowest BCUT2D eigenvalue weighted by molar-refractivity contribution is 0.410. The maximum atomic E-state index is 13.6. The molecule has 0 spiro atoms. The lowest BCUT2D eigenvalue weighted by atomic mass is 10.0. The van der Waals surface area contributed by atoms with E-state index >= 15 is 0 Å². The molecule has 0 radical (unpaired) electrons. The van der Waals surface area contributed by atoms with Gasteiger partial charge in [0.05, 0.1) is 0 Å². The molecule has 2 aromatic rings. The van der Waals surface area contributed by atoms with Gasteiger partial charge in [-0.15, -0.1) is 0 Å². The molecule has 1 aliphatic heterocycles. The van der Waals surface area contributed by atoms with Crippen LogP contribution >= 0.6 is 0 Å². The first-order chi connectivity index (χ1) is 10.3. The van der Waals surface area contributed by atoms with Crippen molar-refractivity contribution in [2.45, 2.75) is 25.4 Å². The van der Waals surface area contributed by atoms with Gasteiger partial charge in [-0.1, -0.05) is 18.2 Å². The van der Waals surface area contributed by atoms with Crippen molar-refractivity contribution < 1.29 is 4.39 Å². The van der Waals surface area contributed by atoms with Crippen molar-refractivity contribution in [3.05, 3.63) is 60.2 Å². The first kappa shape index (κ1) is 14.0. The van der Waals surface area contributed by atoms with Gasteiger partial charge in [-0.3, -0.25) is 4.98 Å². The standard InChI is InChI=1S/C17H20FN3/c18-17-4-2-1-3-14(17)13-20-15-7-11-21(12-8-15)16-5-9-19-10-6-16/h1-6,9-10,15,20H,7-8,11-13H2. The molecule has 1 aliphatic rings. The highest BCUT2D eigenvalue weighted by atomic mass is 19.1. The quantitative estimate of drug-likeness (QED) is 0.936. The second-order valence-electron chi connectivity index (χ2n) is 5.44. The van der Waals surface area contributed by atoms with Crippen LogP contribution in [0.4, 0.5) is 10.1 Å². The zero-order valence-electron chi connectivity index (χ0n) is 12.0. The molecule has 3 nitrogen and oxygen atoms in total. The van der Waals surface area contributed by atoms with Crippen LogP contribution in [-0.2, 0) is 6.54 Å². The van der Waals surface area contributed by atoms with Crippen LogP contribution in [0.2, 0.25) is 0 Å². The van der Waals surface area contributed by atoms with Gasteiger partial charge in [0, 0.05) is 49.3 Å². The molecule has 1 saturated heterocycles. The van der Waals surface area contributed by atoms with E-state index in [0.717, 1.165) is 31.5 Å². The fourth-order valence-electron chi connectivity index (χ4n) is 2.79. The molecule has 4 heteroatoms. The Balaban J connectivity index is 1.49. The largest absolute Gasteiger partial charge is 0.371 e. The van der Waals surface area contributed by atoms with Crippen LogP contribution in [0, 0.1) is 5.82 Å². The highest BCUT2D eigenvalue weighted by Gasteiger charge is 2.19. The molecule has 1 aromatic carbocycles. The molecule has 21 heavy (non-hydrogen) atoms. The van der Waals surface area contributed by atoms with Crippen LogP contribution in [0.25, 0.3) is 0 Å². The fraction of sp³-hybridized carbons (Fsp3) is 0.353. The number of nitrogens with zero attached hydrogens (tertiary/aromatic N) is 2. The SMILES string of the molecule is Fc1ccccc1CNC1CCN(c2ccncc2)CC1. The summed E-state index contributed by atoms with van der Waals surface area (Å²) >= 11 is 0. The third kappa shape index (κ3) is 3.58. The third-order valence-corrected chi connectivity index (χ3v) is 4.06. The minimum atomic E-state index is -0.126. The number of pyridine rings is 1. The van der Waals surface area contributed by atoms with Crippen LogP contribution in [0.3, 0.4) is 0 Å². The molecule has 110 valence electrons. The van der Waals surface area contributed by atoms with E-state index < -0.39 is 0 Å². The predicted molar refractivity (Wildman–Crippen MR) is 82.7 cm³/mol. The van der Waals surface area contributed by atoms with Gasteiger partial charge in [0.15, 0.2) is 0 Å². The highest BCUT2D eigenvalue weighted by molar-refractivity contribution is 5.44. The highest BCUT2D eigenvalue weighted by Crippen LogP contribution is 2.19. The Hall–Kier alpha value is -1.94. The summed E-state index contributed by atoms with van der Waals surface area (Å²) in [6.45, 7) is 2.66. The zero-order valence-corrected chi connectivity index (χ0v) is 12.0. The Labute approximate surface area is 124 Å². The average Bonchev–Trinajstić information content (AvgIpc) is 2.55. The molecule has 0 unspecified atom stereocenters. The summed E-state index contributed by atoms with van der Waals surface area (Å²) in [6.07, 6.45) is 5.82. The van der Waals surface area contributed by atoms with E-state index in [9.17, 15) is 4.39 Å². The smallest absolute Gasteiger partial charge is 0.127 e. The van der Waals surface area contributed by atoms with Crippen molar-refractivity contribution in [1.29, 1.82) is 0 Å². The summed E-state index contributed by atoms with van der Waals surface area (Å²) in [5, 5.41) is 3.47. The lowest BCUT2D eigenvalue weighted by Crippen LogP contribution is -2.42. The van der Waals surface area contributed by atoms with Gasteiger partial charge in [-0.2, -0.15) is 0 Å². The number of halogens is 1. The van der Waals surface area contributed by atoms with Gasteiger partial charge in [0.25, 0.3) is 0 Å². The molecule has 0 amide bonds. The fourth-order valence-corrected chi connectivity index (χ4v) is 2.79. The lowest BCUT2D eigenvalue weighted by Gasteiger charge is -2.34. The van der Waals surface area contributed by atoms with E-state index in [-0.39, 0.29) is 5.82 Å². The van der Waals surface area contributed by atoms with Crippen molar-refractivity contribution in [2.24, 2.45) is 0 Å². The second-order valence-corrected chi connectivity index (χ2v) is 5.44. The van der Waals surface area contributed by atoms with Crippen LogP contribution in [0.1, 0.15) is 18.4 Å². The number of piperidine rings is 1. The Kier molecular flexibility index (Phi) is 4.46. The van der Waals surface area contributed by atoms with E-state index in [2.05, 4.69) is 15.2 Å². The number of benzene rings is 1. The average molecular weight is 285 g/mol. The first-order valence-electron chi connectivity index (χ1n) is 7.45. The molecule has 2 heterocycles. The van der Waals surface area contributed by atoms with Gasteiger partial charge < -0.3 is 10.2 Å². The van der Waals surface area contributed by atoms with Crippen molar-refractivity contribution in [2.75, 3.05) is 18.0 Å². The molecular formula is C17H20FN3. The van der Waals surface area contributed by atoms with E-state index in [4.69, 9.17) is 0 Å². The molecule has 0 aliphatic carbocycles. The minimum absolute atomic E-state index is 0.126. The maximum absolute atomic E-state index is 13.6. The van der Waals surface area contributed by atoms with E-state index in [0.29, 0.717) is 12.6 Å². The van der Waals surface area contributed by atoms with Gasteiger partial charge in [-0.25, -0.2) is 4.39 Å². The predicted octanol–water partition coefficient (Wildman–Crippen LogP) is 2.98.